The maximum absolute atomic E-state index is 12.4. The highest BCUT2D eigenvalue weighted by atomic mass is 32.1. The van der Waals surface area contributed by atoms with Crippen molar-refractivity contribution in [3.8, 4) is 0 Å². The highest BCUT2D eigenvalue weighted by Crippen LogP contribution is 2.38. The van der Waals surface area contributed by atoms with Gasteiger partial charge in [-0.1, -0.05) is 38.9 Å². The van der Waals surface area contributed by atoms with Crippen molar-refractivity contribution in [3.63, 3.8) is 0 Å². The normalized spacial score (nSPS) is 19.8. The number of nitrogens with one attached hydrogen (secondary N) is 1. The third kappa shape index (κ3) is 3.67. The molecule has 0 saturated heterocycles. The van der Waals surface area contributed by atoms with Crippen LogP contribution >= 0.6 is 12.2 Å². The highest BCUT2D eigenvalue weighted by Gasteiger charge is 2.44. The zero-order chi connectivity index (χ0) is 13.8. The van der Waals surface area contributed by atoms with Crippen LogP contribution in [0.25, 0.3) is 0 Å². The van der Waals surface area contributed by atoms with Gasteiger partial charge in [0, 0.05) is 6.04 Å². The number of hydrogen-bond acceptors (Lipinski definition) is 2. The summed E-state index contributed by atoms with van der Waals surface area (Å²) >= 11 is 5.12. The zero-order valence-electron chi connectivity index (χ0n) is 11.8. The number of carbonyl (C=O) groups excluding carboxylic acids is 1. The van der Waals surface area contributed by atoms with E-state index in [2.05, 4.69) is 26.1 Å². The van der Waals surface area contributed by atoms with Gasteiger partial charge in [-0.2, -0.15) is 0 Å². The minimum Gasteiger partial charge on any atom is -0.392 e. The molecular formula is C14H26N2OS. The minimum atomic E-state index is -0.568. The van der Waals surface area contributed by atoms with Crippen molar-refractivity contribution in [2.75, 3.05) is 0 Å². The van der Waals surface area contributed by atoms with Crippen molar-refractivity contribution >= 4 is 23.1 Å². The molecule has 1 saturated carbocycles. The van der Waals surface area contributed by atoms with E-state index in [1.807, 2.05) is 0 Å². The first-order chi connectivity index (χ1) is 8.38. The van der Waals surface area contributed by atoms with Gasteiger partial charge in [-0.05, 0) is 38.5 Å². The summed E-state index contributed by atoms with van der Waals surface area (Å²) in [5.74, 6) is 0.712. The van der Waals surface area contributed by atoms with Crippen LogP contribution < -0.4 is 11.1 Å². The Kier molecular flexibility index (Phi) is 5.57. The fourth-order valence-electron chi connectivity index (χ4n) is 2.58. The molecule has 3 nitrogen and oxygen atoms in total. The first-order valence-electron chi connectivity index (χ1n) is 6.99. The van der Waals surface area contributed by atoms with Gasteiger partial charge in [-0.25, -0.2) is 0 Å². The Morgan fingerprint density at radius 3 is 2.28 bits per heavy atom. The molecule has 0 heterocycles. The molecular weight excluding hydrogens is 244 g/mol. The van der Waals surface area contributed by atoms with Gasteiger partial charge in [0.1, 0.15) is 0 Å². The smallest absolute Gasteiger partial charge is 0.233 e. The molecule has 0 aromatic rings. The van der Waals surface area contributed by atoms with E-state index in [4.69, 9.17) is 18.0 Å². The standard InChI is InChI=1S/C14H26N2OS/c1-10(2)6-7-11(3)16-13(17)14(12(15)18)8-4-5-9-14/h10-11H,4-9H2,1-3H3,(H2,15,18)(H,16,17). The summed E-state index contributed by atoms with van der Waals surface area (Å²) in [7, 11) is 0. The predicted molar refractivity (Wildman–Crippen MR) is 79.4 cm³/mol. The lowest BCUT2D eigenvalue weighted by atomic mass is 9.84. The Labute approximate surface area is 116 Å². The van der Waals surface area contributed by atoms with Gasteiger partial charge < -0.3 is 11.1 Å². The number of amides is 1. The molecule has 18 heavy (non-hydrogen) atoms. The van der Waals surface area contributed by atoms with Gasteiger partial charge >= 0.3 is 0 Å². The summed E-state index contributed by atoms with van der Waals surface area (Å²) < 4.78 is 0. The first-order valence-corrected chi connectivity index (χ1v) is 7.40. The summed E-state index contributed by atoms with van der Waals surface area (Å²) in [5, 5.41) is 3.09. The summed E-state index contributed by atoms with van der Waals surface area (Å²) in [5.41, 5.74) is 5.23. The Morgan fingerprint density at radius 2 is 1.83 bits per heavy atom. The van der Waals surface area contributed by atoms with Gasteiger partial charge in [0.2, 0.25) is 5.91 Å². The average molecular weight is 270 g/mol. The second kappa shape index (κ2) is 6.50. The molecule has 0 aromatic carbocycles. The zero-order valence-corrected chi connectivity index (χ0v) is 12.6. The van der Waals surface area contributed by atoms with Crippen molar-refractivity contribution < 1.29 is 4.79 Å². The summed E-state index contributed by atoms with van der Waals surface area (Å²) in [6.45, 7) is 6.45. The van der Waals surface area contributed by atoms with E-state index in [-0.39, 0.29) is 11.9 Å². The summed E-state index contributed by atoms with van der Waals surface area (Å²) in [6, 6.07) is 0.201. The van der Waals surface area contributed by atoms with Crippen LogP contribution in [0.1, 0.15) is 59.3 Å². The second-order valence-corrected chi connectivity index (χ2v) is 6.44. The Hall–Kier alpha value is -0.640. The van der Waals surface area contributed by atoms with Crippen LogP contribution in [0.2, 0.25) is 0 Å². The van der Waals surface area contributed by atoms with Gasteiger partial charge in [0.25, 0.3) is 0 Å². The molecule has 1 rings (SSSR count). The Bertz CT molecular complexity index is 309. The second-order valence-electron chi connectivity index (χ2n) is 6.00. The molecule has 1 unspecified atom stereocenters. The topological polar surface area (TPSA) is 55.1 Å². The fraction of sp³-hybridized carbons (Fsp3) is 0.857. The third-order valence-electron chi connectivity index (χ3n) is 3.92. The predicted octanol–water partition coefficient (Wildman–Crippen LogP) is 2.77. The molecule has 1 amide bonds. The molecule has 1 fully saturated rings. The van der Waals surface area contributed by atoms with E-state index in [0.717, 1.165) is 38.5 Å². The first kappa shape index (κ1) is 15.4. The molecule has 0 radical (unpaired) electrons. The van der Waals surface area contributed by atoms with Crippen molar-refractivity contribution in [2.45, 2.75) is 65.3 Å². The Balaban J connectivity index is 2.55. The number of thiocarbonyl (C=S) groups is 1. The van der Waals surface area contributed by atoms with Crippen molar-refractivity contribution in [1.82, 2.24) is 5.32 Å². The van der Waals surface area contributed by atoms with Crippen molar-refractivity contribution in [1.29, 1.82) is 0 Å². The summed E-state index contributed by atoms with van der Waals surface area (Å²) in [4.78, 5) is 12.8. The molecule has 4 heteroatoms. The number of carbonyl (C=O) groups is 1. The SMILES string of the molecule is CC(C)CCC(C)NC(=O)C1(C(N)=S)CCCC1. The lowest BCUT2D eigenvalue weighted by molar-refractivity contribution is -0.128. The quantitative estimate of drug-likeness (QED) is 0.730. The number of rotatable bonds is 6. The van der Waals surface area contributed by atoms with Crippen LogP contribution in [0, 0.1) is 11.3 Å². The molecule has 1 aliphatic rings. The van der Waals surface area contributed by atoms with Gasteiger partial charge in [0.15, 0.2) is 0 Å². The molecule has 0 spiro atoms. The average Bonchev–Trinajstić information content (AvgIpc) is 2.76. The van der Waals surface area contributed by atoms with Crippen LogP contribution in [0.15, 0.2) is 0 Å². The van der Waals surface area contributed by atoms with E-state index in [1.54, 1.807) is 0 Å². The molecule has 0 aliphatic heterocycles. The highest BCUT2D eigenvalue weighted by molar-refractivity contribution is 7.80. The monoisotopic (exact) mass is 270 g/mol. The number of nitrogens with two attached hydrogens (primary N) is 1. The van der Waals surface area contributed by atoms with Crippen molar-refractivity contribution in [3.05, 3.63) is 0 Å². The van der Waals surface area contributed by atoms with E-state index in [9.17, 15) is 4.79 Å². The van der Waals surface area contributed by atoms with Gasteiger partial charge in [-0.15, -0.1) is 0 Å². The number of hydrogen-bond donors (Lipinski definition) is 2. The van der Waals surface area contributed by atoms with Crippen LogP contribution in [0.5, 0.6) is 0 Å². The third-order valence-corrected chi connectivity index (χ3v) is 4.31. The summed E-state index contributed by atoms with van der Waals surface area (Å²) in [6.07, 6.45) is 5.85. The lowest BCUT2D eigenvalue weighted by Gasteiger charge is -2.28. The van der Waals surface area contributed by atoms with Crippen LogP contribution in [0.3, 0.4) is 0 Å². The van der Waals surface area contributed by atoms with Crippen molar-refractivity contribution in [2.24, 2.45) is 17.1 Å². The molecule has 1 atom stereocenters. The van der Waals surface area contributed by atoms with Crippen LogP contribution in [-0.2, 0) is 4.79 Å². The van der Waals surface area contributed by atoms with Crippen LogP contribution in [0.4, 0.5) is 0 Å². The van der Waals surface area contributed by atoms with E-state index in [0.29, 0.717) is 10.9 Å². The minimum absolute atomic E-state index is 0.0451. The van der Waals surface area contributed by atoms with E-state index < -0.39 is 5.41 Å². The largest absolute Gasteiger partial charge is 0.392 e. The maximum atomic E-state index is 12.4. The van der Waals surface area contributed by atoms with Crippen LogP contribution in [-0.4, -0.2) is 16.9 Å². The van der Waals surface area contributed by atoms with Gasteiger partial charge in [0.05, 0.1) is 10.4 Å². The Morgan fingerprint density at radius 1 is 1.28 bits per heavy atom. The fourth-order valence-corrected chi connectivity index (χ4v) is 2.88. The van der Waals surface area contributed by atoms with Gasteiger partial charge in [-0.3, -0.25) is 4.79 Å². The lowest BCUT2D eigenvalue weighted by Crippen LogP contribution is -2.49. The maximum Gasteiger partial charge on any atom is 0.233 e. The van der Waals surface area contributed by atoms with E-state index >= 15 is 0 Å². The molecule has 3 N–H and O–H groups in total. The van der Waals surface area contributed by atoms with E-state index in [1.165, 1.54) is 0 Å². The molecule has 0 aromatic heterocycles. The molecule has 0 bridgehead atoms. The molecule has 1 aliphatic carbocycles. The molecule has 104 valence electrons.